The number of amides is 1. The molecular weight excluding hydrogens is 240 g/mol. The molecule has 2 rings (SSSR count). The molecule has 2 N–H and O–H groups in total. The highest BCUT2D eigenvalue weighted by atomic mass is 16.2. The first-order chi connectivity index (χ1) is 8.90. The third kappa shape index (κ3) is 3.04. The van der Waals surface area contributed by atoms with E-state index < -0.39 is 0 Å². The van der Waals surface area contributed by atoms with Crippen molar-refractivity contribution in [1.29, 1.82) is 0 Å². The highest BCUT2D eigenvalue weighted by Gasteiger charge is 2.35. The average Bonchev–Trinajstić information content (AvgIpc) is 2.69. The lowest BCUT2D eigenvalue weighted by molar-refractivity contribution is 0.0919. The summed E-state index contributed by atoms with van der Waals surface area (Å²) >= 11 is 0. The maximum Gasteiger partial charge on any atom is 0.270 e. The Hall–Kier alpha value is -1.62. The Kier molecular flexibility index (Phi) is 3.75. The number of hydrogen-bond donors (Lipinski definition) is 2. The van der Waals surface area contributed by atoms with Crippen LogP contribution in [0, 0.1) is 0 Å². The minimum atomic E-state index is -0.106. The van der Waals surface area contributed by atoms with E-state index in [-0.39, 0.29) is 17.5 Å². The topological polar surface area (TPSA) is 57.3 Å². The van der Waals surface area contributed by atoms with Crippen LogP contribution in [0.25, 0.3) is 0 Å². The summed E-state index contributed by atoms with van der Waals surface area (Å²) in [5.41, 5.74) is 1.38. The fraction of sp³-hybridized carbons (Fsp3) is 0.571. The Labute approximate surface area is 114 Å². The number of rotatable bonds is 3. The molecule has 0 bridgehead atoms. The molecule has 0 spiro atoms. The normalized spacial score (nSPS) is 21.2. The van der Waals surface area contributed by atoms with E-state index in [4.69, 9.17) is 0 Å². The van der Waals surface area contributed by atoms with Gasteiger partial charge in [-0.25, -0.2) is 0 Å². The molecule has 0 aromatic carbocycles. The first kappa shape index (κ1) is 13.8. The van der Waals surface area contributed by atoms with E-state index in [0.717, 1.165) is 18.7 Å². The minimum absolute atomic E-state index is 0.0607. The third-order valence-electron chi connectivity index (χ3n) is 3.68. The molecule has 1 aliphatic heterocycles. The minimum Gasteiger partial charge on any atom is -0.378 e. The van der Waals surface area contributed by atoms with Crippen LogP contribution in [0.2, 0.25) is 0 Å². The Bertz CT molecular complexity index is 470. The van der Waals surface area contributed by atoms with Crippen molar-refractivity contribution in [3.05, 3.63) is 24.0 Å². The van der Waals surface area contributed by atoms with Gasteiger partial charge in [-0.2, -0.15) is 0 Å². The second kappa shape index (κ2) is 5.17. The third-order valence-corrected chi connectivity index (χ3v) is 3.68. The lowest BCUT2D eigenvalue weighted by Crippen LogP contribution is -2.50. The Morgan fingerprint density at radius 1 is 1.53 bits per heavy atom. The fourth-order valence-electron chi connectivity index (χ4n) is 2.33. The summed E-state index contributed by atoms with van der Waals surface area (Å²) in [5.74, 6) is -0.106. The molecule has 1 atom stereocenters. The summed E-state index contributed by atoms with van der Waals surface area (Å²) < 4.78 is 0. The van der Waals surface area contributed by atoms with Gasteiger partial charge < -0.3 is 15.5 Å². The number of carbonyl (C=O) groups excluding carboxylic acids is 1. The standard InChI is InChI=1S/C14H22N4O/c1-14(2)12(6-8-16-14)17-13(19)11-9-10(18(3)4)5-7-15-11/h5,7,9,12,16H,6,8H2,1-4H3,(H,17,19). The van der Waals surface area contributed by atoms with Crippen LogP contribution in [0.3, 0.4) is 0 Å². The summed E-state index contributed by atoms with van der Waals surface area (Å²) in [5, 5.41) is 6.46. The average molecular weight is 262 g/mol. The van der Waals surface area contributed by atoms with Crippen molar-refractivity contribution >= 4 is 11.6 Å². The van der Waals surface area contributed by atoms with Gasteiger partial charge in [-0.15, -0.1) is 0 Å². The van der Waals surface area contributed by atoms with E-state index in [2.05, 4.69) is 29.5 Å². The van der Waals surface area contributed by atoms with Gasteiger partial charge in [0.05, 0.1) is 0 Å². The smallest absolute Gasteiger partial charge is 0.270 e. The zero-order valence-electron chi connectivity index (χ0n) is 12.0. The summed E-state index contributed by atoms with van der Waals surface area (Å²) in [7, 11) is 3.89. The molecule has 0 radical (unpaired) electrons. The molecule has 1 aliphatic rings. The largest absolute Gasteiger partial charge is 0.378 e. The second-order valence-electron chi connectivity index (χ2n) is 5.76. The van der Waals surface area contributed by atoms with Gasteiger partial charge in [0.25, 0.3) is 5.91 Å². The van der Waals surface area contributed by atoms with Crippen molar-refractivity contribution < 1.29 is 4.79 Å². The van der Waals surface area contributed by atoms with Crippen LogP contribution in [-0.2, 0) is 0 Å². The zero-order valence-corrected chi connectivity index (χ0v) is 12.0. The number of pyridine rings is 1. The van der Waals surface area contributed by atoms with Gasteiger partial charge in [-0.3, -0.25) is 9.78 Å². The first-order valence-electron chi connectivity index (χ1n) is 6.59. The Morgan fingerprint density at radius 3 is 2.84 bits per heavy atom. The maximum absolute atomic E-state index is 12.2. The summed E-state index contributed by atoms with van der Waals surface area (Å²) in [4.78, 5) is 18.4. The molecule has 5 nitrogen and oxygen atoms in total. The maximum atomic E-state index is 12.2. The van der Waals surface area contributed by atoms with Gasteiger partial charge in [0.1, 0.15) is 5.69 Å². The van der Waals surface area contributed by atoms with Gasteiger partial charge in [0, 0.05) is 37.6 Å². The van der Waals surface area contributed by atoms with Crippen LogP contribution in [0.1, 0.15) is 30.8 Å². The zero-order chi connectivity index (χ0) is 14.0. The van der Waals surface area contributed by atoms with Crippen LogP contribution in [0.5, 0.6) is 0 Å². The number of hydrogen-bond acceptors (Lipinski definition) is 4. The van der Waals surface area contributed by atoms with Crippen molar-refractivity contribution in [2.45, 2.75) is 31.8 Å². The van der Waals surface area contributed by atoms with Gasteiger partial charge in [0.15, 0.2) is 0 Å². The number of nitrogens with zero attached hydrogens (tertiary/aromatic N) is 2. The van der Waals surface area contributed by atoms with Crippen molar-refractivity contribution in [2.24, 2.45) is 0 Å². The molecule has 1 saturated heterocycles. The molecule has 1 fully saturated rings. The highest BCUT2D eigenvalue weighted by molar-refractivity contribution is 5.93. The van der Waals surface area contributed by atoms with Crippen LogP contribution in [-0.4, -0.2) is 43.1 Å². The molecule has 1 aromatic rings. The van der Waals surface area contributed by atoms with Gasteiger partial charge >= 0.3 is 0 Å². The molecule has 2 heterocycles. The van der Waals surface area contributed by atoms with Gasteiger partial charge in [0.2, 0.25) is 0 Å². The monoisotopic (exact) mass is 262 g/mol. The lowest BCUT2D eigenvalue weighted by atomic mass is 9.97. The molecule has 0 saturated carbocycles. The van der Waals surface area contributed by atoms with Crippen LogP contribution in [0.4, 0.5) is 5.69 Å². The number of carbonyl (C=O) groups is 1. The van der Waals surface area contributed by atoms with E-state index in [9.17, 15) is 4.79 Å². The SMILES string of the molecule is CN(C)c1ccnc(C(=O)NC2CCNC2(C)C)c1. The van der Waals surface area contributed by atoms with E-state index >= 15 is 0 Å². The Morgan fingerprint density at radius 2 is 2.26 bits per heavy atom. The van der Waals surface area contributed by atoms with Crippen molar-refractivity contribution in [1.82, 2.24) is 15.6 Å². The van der Waals surface area contributed by atoms with Crippen molar-refractivity contribution in [3.63, 3.8) is 0 Å². The molecule has 0 aliphatic carbocycles. The summed E-state index contributed by atoms with van der Waals surface area (Å²) in [6, 6.07) is 3.84. The van der Waals surface area contributed by atoms with E-state index in [1.54, 1.807) is 6.20 Å². The van der Waals surface area contributed by atoms with Gasteiger partial charge in [-0.1, -0.05) is 0 Å². The molecule has 1 amide bonds. The Balaban J connectivity index is 2.10. The molecule has 5 heteroatoms. The highest BCUT2D eigenvalue weighted by Crippen LogP contribution is 2.19. The summed E-state index contributed by atoms with van der Waals surface area (Å²) in [6.07, 6.45) is 2.62. The second-order valence-corrected chi connectivity index (χ2v) is 5.76. The van der Waals surface area contributed by atoms with Crippen LogP contribution >= 0.6 is 0 Å². The first-order valence-corrected chi connectivity index (χ1v) is 6.59. The van der Waals surface area contributed by atoms with E-state index in [0.29, 0.717) is 5.69 Å². The molecule has 1 aromatic heterocycles. The quantitative estimate of drug-likeness (QED) is 0.854. The predicted octanol–water partition coefficient (Wildman–Crippen LogP) is 1.02. The van der Waals surface area contributed by atoms with Crippen molar-refractivity contribution in [3.8, 4) is 0 Å². The fourth-order valence-corrected chi connectivity index (χ4v) is 2.33. The molecule has 104 valence electrons. The lowest BCUT2D eigenvalue weighted by Gasteiger charge is -2.27. The summed E-state index contributed by atoms with van der Waals surface area (Å²) in [6.45, 7) is 5.15. The van der Waals surface area contributed by atoms with E-state index in [1.807, 2.05) is 31.1 Å². The van der Waals surface area contributed by atoms with E-state index in [1.165, 1.54) is 0 Å². The number of aromatic nitrogens is 1. The number of anilines is 1. The number of nitrogens with one attached hydrogen (secondary N) is 2. The van der Waals surface area contributed by atoms with Gasteiger partial charge in [-0.05, 0) is 38.9 Å². The molecule has 19 heavy (non-hydrogen) atoms. The molecule has 1 unspecified atom stereocenters. The molecular formula is C14H22N4O. The van der Waals surface area contributed by atoms with Crippen molar-refractivity contribution in [2.75, 3.05) is 25.5 Å². The van der Waals surface area contributed by atoms with Crippen LogP contribution in [0.15, 0.2) is 18.3 Å². The predicted molar refractivity (Wildman–Crippen MR) is 76.5 cm³/mol. The van der Waals surface area contributed by atoms with Crippen LogP contribution < -0.4 is 15.5 Å².